The van der Waals surface area contributed by atoms with Crippen molar-refractivity contribution in [1.29, 1.82) is 0 Å². The smallest absolute Gasteiger partial charge is 0.356 e. The van der Waals surface area contributed by atoms with Crippen LogP contribution in [0.1, 0.15) is 18.5 Å². The third-order valence-electron chi connectivity index (χ3n) is 4.74. The molecule has 0 saturated carbocycles. The quantitative estimate of drug-likeness (QED) is 0.754. The number of rotatable bonds is 3. The molecule has 1 saturated heterocycles. The first kappa shape index (κ1) is 17.7. The third kappa shape index (κ3) is 3.44. The van der Waals surface area contributed by atoms with Gasteiger partial charge in [0, 0.05) is 19.2 Å². The maximum absolute atomic E-state index is 13.0. The van der Waals surface area contributed by atoms with Gasteiger partial charge in [-0.3, -0.25) is 0 Å². The average Bonchev–Trinajstić information content (AvgIpc) is 3.11. The standard InChI is InChI=1S/C17H18F3N7/c18-17(19,20)14-3-4-15-22-8-13(27(15)25-14)12-6-16(24-10-23-12)26-5-1-2-11(7-21)9-26/h3-4,6,8,10-11H,1-2,5,7,9,21H2/t11-/m1/s1. The Labute approximate surface area is 153 Å². The number of hydrogen-bond acceptors (Lipinski definition) is 6. The van der Waals surface area contributed by atoms with E-state index in [1.807, 2.05) is 0 Å². The van der Waals surface area contributed by atoms with Crippen LogP contribution in [0.2, 0.25) is 0 Å². The molecule has 7 nitrogen and oxygen atoms in total. The molecule has 3 aromatic heterocycles. The Balaban J connectivity index is 1.71. The van der Waals surface area contributed by atoms with Gasteiger partial charge in [-0.2, -0.15) is 18.3 Å². The molecule has 0 amide bonds. The van der Waals surface area contributed by atoms with Gasteiger partial charge in [0.15, 0.2) is 11.3 Å². The fraction of sp³-hybridized carbons (Fsp3) is 0.412. The van der Waals surface area contributed by atoms with Crippen LogP contribution in [0.4, 0.5) is 19.0 Å². The van der Waals surface area contributed by atoms with Crippen molar-refractivity contribution in [2.24, 2.45) is 11.7 Å². The van der Waals surface area contributed by atoms with Crippen molar-refractivity contribution in [3.63, 3.8) is 0 Å². The van der Waals surface area contributed by atoms with E-state index in [0.29, 0.717) is 29.5 Å². The molecule has 4 rings (SSSR count). The molecule has 10 heteroatoms. The Bertz CT molecular complexity index is 953. The summed E-state index contributed by atoms with van der Waals surface area (Å²) in [6.07, 6.45) is 0.449. The lowest BCUT2D eigenvalue weighted by Crippen LogP contribution is -2.38. The molecule has 0 aliphatic carbocycles. The second-order valence-electron chi connectivity index (χ2n) is 6.58. The van der Waals surface area contributed by atoms with Crippen molar-refractivity contribution >= 4 is 11.5 Å². The fourth-order valence-electron chi connectivity index (χ4n) is 3.32. The van der Waals surface area contributed by atoms with Crippen LogP contribution in [0.5, 0.6) is 0 Å². The summed E-state index contributed by atoms with van der Waals surface area (Å²) in [6.45, 7) is 2.28. The number of halogens is 3. The summed E-state index contributed by atoms with van der Waals surface area (Å²) in [5, 5.41) is 3.69. The van der Waals surface area contributed by atoms with Crippen molar-refractivity contribution in [2.45, 2.75) is 19.0 Å². The van der Waals surface area contributed by atoms with E-state index in [9.17, 15) is 13.2 Å². The van der Waals surface area contributed by atoms with Gasteiger partial charge in [-0.25, -0.2) is 19.5 Å². The van der Waals surface area contributed by atoms with E-state index in [0.717, 1.165) is 42.3 Å². The number of imidazole rings is 1. The Morgan fingerprint density at radius 1 is 1.19 bits per heavy atom. The lowest BCUT2D eigenvalue weighted by Gasteiger charge is -2.33. The number of anilines is 1. The van der Waals surface area contributed by atoms with Crippen LogP contribution in [-0.4, -0.2) is 44.2 Å². The monoisotopic (exact) mass is 377 g/mol. The minimum atomic E-state index is -4.53. The van der Waals surface area contributed by atoms with E-state index in [4.69, 9.17) is 5.73 Å². The first-order valence-electron chi connectivity index (χ1n) is 8.65. The number of alkyl halides is 3. The zero-order valence-electron chi connectivity index (χ0n) is 14.4. The average molecular weight is 377 g/mol. The van der Waals surface area contributed by atoms with Crippen LogP contribution in [0.25, 0.3) is 17.0 Å². The van der Waals surface area contributed by atoms with Crippen LogP contribution >= 0.6 is 0 Å². The fourth-order valence-corrected chi connectivity index (χ4v) is 3.32. The van der Waals surface area contributed by atoms with Crippen molar-refractivity contribution in [3.8, 4) is 11.4 Å². The molecule has 2 N–H and O–H groups in total. The van der Waals surface area contributed by atoms with E-state index >= 15 is 0 Å². The first-order chi connectivity index (χ1) is 13.0. The molecule has 1 fully saturated rings. The van der Waals surface area contributed by atoms with Gasteiger partial charge in [-0.05, 0) is 37.4 Å². The number of nitrogens with zero attached hydrogens (tertiary/aromatic N) is 6. The summed E-state index contributed by atoms with van der Waals surface area (Å²) in [4.78, 5) is 14.8. The van der Waals surface area contributed by atoms with Gasteiger partial charge < -0.3 is 10.6 Å². The Kier molecular flexibility index (Phi) is 4.42. The molecule has 0 aromatic carbocycles. The lowest BCUT2D eigenvalue weighted by atomic mass is 9.98. The number of hydrogen-bond donors (Lipinski definition) is 1. The molecule has 1 atom stereocenters. The highest BCUT2D eigenvalue weighted by Gasteiger charge is 2.33. The summed E-state index contributed by atoms with van der Waals surface area (Å²) in [5.41, 5.74) is 5.98. The molecular weight excluding hydrogens is 359 g/mol. The predicted molar refractivity (Wildman–Crippen MR) is 93.0 cm³/mol. The van der Waals surface area contributed by atoms with E-state index < -0.39 is 11.9 Å². The molecule has 1 aliphatic rings. The van der Waals surface area contributed by atoms with Crippen LogP contribution < -0.4 is 10.6 Å². The van der Waals surface area contributed by atoms with Crippen molar-refractivity contribution < 1.29 is 13.2 Å². The van der Waals surface area contributed by atoms with Gasteiger partial charge in [0.1, 0.15) is 17.8 Å². The second kappa shape index (κ2) is 6.76. The first-order valence-corrected chi connectivity index (χ1v) is 8.65. The minimum absolute atomic E-state index is 0.319. The SMILES string of the molecule is NC[C@H]1CCCN(c2cc(-c3cnc4ccc(C(F)(F)F)nn34)ncn2)C1. The highest BCUT2D eigenvalue weighted by Crippen LogP contribution is 2.29. The number of aromatic nitrogens is 5. The van der Waals surface area contributed by atoms with Crippen LogP contribution in [0.15, 0.2) is 30.7 Å². The topological polar surface area (TPSA) is 85.2 Å². The van der Waals surface area contributed by atoms with Gasteiger partial charge in [-0.15, -0.1) is 0 Å². The molecule has 0 unspecified atom stereocenters. The van der Waals surface area contributed by atoms with Crippen molar-refractivity contribution in [2.75, 3.05) is 24.5 Å². The summed E-state index contributed by atoms with van der Waals surface area (Å²) in [7, 11) is 0. The highest BCUT2D eigenvalue weighted by molar-refractivity contribution is 5.62. The summed E-state index contributed by atoms with van der Waals surface area (Å²) < 4.78 is 40.1. The van der Waals surface area contributed by atoms with Gasteiger partial charge >= 0.3 is 6.18 Å². The molecule has 27 heavy (non-hydrogen) atoms. The Morgan fingerprint density at radius 2 is 2.04 bits per heavy atom. The predicted octanol–water partition coefficient (Wildman–Crippen LogP) is 2.38. The van der Waals surface area contributed by atoms with E-state index in [1.165, 1.54) is 18.6 Å². The van der Waals surface area contributed by atoms with E-state index in [-0.39, 0.29) is 0 Å². The van der Waals surface area contributed by atoms with Gasteiger partial charge in [0.25, 0.3) is 0 Å². The van der Waals surface area contributed by atoms with Crippen LogP contribution in [0, 0.1) is 5.92 Å². The zero-order chi connectivity index (χ0) is 19.0. The largest absolute Gasteiger partial charge is 0.435 e. The lowest BCUT2D eigenvalue weighted by molar-refractivity contribution is -0.141. The zero-order valence-corrected chi connectivity index (χ0v) is 14.4. The molecule has 1 aliphatic heterocycles. The maximum atomic E-state index is 13.0. The van der Waals surface area contributed by atoms with Gasteiger partial charge in [-0.1, -0.05) is 0 Å². The number of fused-ring (bicyclic) bond motifs is 1. The molecule has 0 spiro atoms. The van der Waals surface area contributed by atoms with E-state index in [1.54, 1.807) is 6.07 Å². The molecule has 4 heterocycles. The highest BCUT2D eigenvalue weighted by atomic mass is 19.4. The number of piperidine rings is 1. The Hall–Kier alpha value is -2.75. The Morgan fingerprint density at radius 3 is 2.81 bits per heavy atom. The van der Waals surface area contributed by atoms with E-state index in [2.05, 4.69) is 25.0 Å². The number of nitrogens with two attached hydrogens (primary N) is 1. The molecular formula is C17H18F3N7. The maximum Gasteiger partial charge on any atom is 0.435 e. The molecule has 0 bridgehead atoms. The molecule has 142 valence electrons. The van der Waals surface area contributed by atoms with Crippen LogP contribution in [0.3, 0.4) is 0 Å². The minimum Gasteiger partial charge on any atom is -0.356 e. The molecule has 3 aromatic rings. The summed E-state index contributed by atoms with van der Waals surface area (Å²) >= 11 is 0. The normalized spacial score (nSPS) is 18.2. The van der Waals surface area contributed by atoms with Crippen molar-refractivity contribution in [3.05, 3.63) is 36.4 Å². The van der Waals surface area contributed by atoms with Crippen molar-refractivity contribution in [1.82, 2.24) is 24.6 Å². The van der Waals surface area contributed by atoms with Crippen LogP contribution in [-0.2, 0) is 6.18 Å². The van der Waals surface area contributed by atoms with Gasteiger partial charge in [0.05, 0.1) is 11.9 Å². The third-order valence-corrected chi connectivity index (χ3v) is 4.74. The summed E-state index contributed by atoms with van der Waals surface area (Å²) in [5.74, 6) is 1.13. The van der Waals surface area contributed by atoms with Gasteiger partial charge in [0.2, 0.25) is 0 Å². The summed E-state index contributed by atoms with van der Waals surface area (Å²) in [6, 6.07) is 3.96. The second-order valence-corrected chi connectivity index (χ2v) is 6.58. The molecule has 0 radical (unpaired) electrons.